The van der Waals surface area contributed by atoms with Gasteiger partial charge in [0, 0.05) is 25.0 Å². The Kier molecular flexibility index (Phi) is 4.76. The fourth-order valence-corrected chi connectivity index (χ4v) is 2.01. The average Bonchev–Trinajstić information content (AvgIpc) is 2.61. The number of hydrogen-bond acceptors (Lipinski definition) is 3. The van der Waals surface area contributed by atoms with E-state index in [2.05, 4.69) is 31.1 Å². The van der Waals surface area contributed by atoms with Gasteiger partial charge in [0.2, 0.25) is 5.95 Å². The van der Waals surface area contributed by atoms with Gasteiger partial charge in [-0.2, -0.15) is 0 Å². The van der Waals surface area contributed by atoms with Crippen LogP contribution in [0.4, 0.5) is 5.95 Å². The molecule has 0 aliphatic rings. The topological polar surface area (TPSA) is 67.2 Å². The monoisotopic (exact) mass is 253 g/mol. The maximum atomic E-state index is 10.9. The molecule has 5 heteroatoms. The highest BCUT2D eigenvalue weighted by Crippen LogP contribution is 2.24. The largest absolute Gasteiger partial charge is 0.481 e. The van der Waals surface area contributed by atoms with Crippen LogP contribution in [0.15, 0.2) is 12.4 Å². The first-order chi connectivity index (χ1) is 8.31. The maximum absolute atomic E-state index is 10.9. The quantitative estimate of drug-likeness (QED) is 0.817. The Labute approximate surface area is 108 Å². The Hall–Kier alpha value is -1.52. The van der Waals surface area contributed by atoms with Crippen LogP contribution in [0.1, 0.15) is 40.5 Å². The molecule has 0 spiro atoms. The van der Waals surface area contributed by atoms with E-state index in [1.54, 1.807) is 6.20 Å². The van der Waals surface area contributed by atoms with Gasteiger partial charge in [-0.15, -0.1) is 0 Å². The molecule has 1 unspecified atom stereocenters. The number of carbonyl (C=O) groups is 1. The van der Waals surface area contributed by atoms with Crippen LogP contribution in [0.3, 0.4) is 0 Å². The summed E-state index contributed by atoms with van der Waals surface area (Å²) in [7, 11) is 0. The van der Waals surface area contributed by atoms with Gasteiger partial charge in [0.05, 0.1) is 6.42 Å². The van der Waals surface area contributed by atoms with E-state index >= 15 is 0 Å². The molecule has 0 aliphatic carbocycles. The van der Waals surface area contributed by atoms with Crippen LogP contribution in [-0.4, -0.2) is 26.7 Å². The molecule has 0 radical (unpaired) electrons. The van der Waals surface area contributed by atoms with E-state index in [9.17, 15) is 4.79 Å². The van der Waals surface area contributed by atoms with Gasteiger partial charge < -0.3 is 15.0 Å². The van der Waals surface area contributed by atoms with Crippen molar-refractivity contribution >= 4 is 11.9 Å². The molecule has 0 saturated carbocycles. The van der Waals surface area contributed by atoms with E-state index in [-0.39, 0.29) is 17.9 Å². The molecule has 2 N–H and O–H groups in total. The molecule has 0 fully saturated rings. The predicted molar refractivity (Wildman–Crippen MR) is 71.6 cm³/mol. The van der Waals surface area contributed by atoms with E-state index in [1.807, 2.05) is 17.7 Å². The summed E-state index contributed by atoms with van der Waals surface area (Å²) in [6, 6.07) is -0.102. The van der Waals surface area contributed by atoms with Gasteiger partial charge >= 0.3 is 5.97 Å². The molecule has 0 amide bonds. The lowest BCUT2D eigenvalue weighted by atomic mass is 9.87. The highest BCUT2D eigenvalue weighted by atomic mass is 16.4. The Morgan fingerprint density at radius 2 is 2.22 bits per heavy atom. The van der Waals surface area contributed by atoms with Crippen molar-refractivity contribution in [3.63, 3.8) is 0 Å². The Morgan fingerprint density at radius 3 is 2.72 bits per heavy atom. The van der Waals surface area contributed by atoms with E-state index < -0.39 is 5.97 Å². The minimum atomic E-state index is -0.786. The van der Waals surface area contributed by atoms with Gasteiger partial charge in [0.15, 0.2) is 0 Å². The average molecular weight is 253 g/mol. The molecule has 5 nitrogen and oxygen atoms in total. The molecule has 0 aliphatic heterocycles. The maximum Gasteiger partial charge on any atom is 0.305 e. The SMILES string of the molecule is CCn1ccnc1NC(CC(=O)O)CC(C)(C)C. The Balaban J connectivity index is 2.75. The first kappa shape index (κ1) is 14.5. The normalized spacial score (nSPS) is 13.3. The van der Waals surface area contributed by atoms with E-state index in [1.165, 1.54) is 0 Å². The second-order valence-corrected chi connectivity index (χ2v) is 5.74. The number of nitrogens with one attached hydrogen (secondary N) is 1. The molecule has 1 aromatic heterocycles. The zero-order valence-electron chi connectivity index (χ0n) is 11.6. The lowest BCUT2D eigenvalue weighted by molar-refractivity contribution is -0.137. The second kappa shape index (κ2) is 5.89. The molecule has 1 atom stereocenters. The van der Waals surface area contributed by atoms with Crippen molar-refractivity contribution in [1.29, 1.82) is 0 Å². The second-order valence-electron chi connectivity index (χ2n) is 5.74. The Morgan fingerprint density at radius 1 is 1.56 bits per heavy atom. The number of aromatic nitrogens is 2. The molecule has 0 aromatic carbocycles. The summed E-state index contributed by atoms with van der Waals surface area (Å²) in [5, 5.41) is 12.2. The van der Waals surface area contributed by atoms with Crippen molar-refractivity contribution in [3.05, 3.63) is 12.4 Å². The number of carboxylic acids is 1. The number of carboxylic acid groups (broad SMARTS) is 1. The fourth-order valence-electron chi connectivity index (χ4n) is 2.01. The molecule has 1 heterocycles. The third-order valence-corrected chi connectivity index (χ3v) is 2.67. The van der Waals surface area contributed by atoms with Gasteiger partial charge in [-0.1, -0.05) is 20.8 Å². The first-order valence-corrected chi connectivity index (χ1v) is 6.31. The van der Waals surface area contributed by atoms with Crippen molar-refractivity contribution < 1.29 is 9.90 Å². The van der Waals surface area contributed by atoms with Crippen molar-refractivity contribution in [2.75, 3.05) is 5.32 Å². The number of imidazole rings is 1. The number of nitrogens with zero attached hydrogens (tertiary/aromatic N) is 2. The molecule has 0 saturated heterocycles. The lowest BCUT2D eigenvalue weighted by Gasteiger charge is -2.26. The van der Waals surface area contributed by atoms with Gasteiger partial charge in [-0.05, 0) is 18.8 Å². The fraction of sp³-hybridized carbons (Fsp3) is 0.692. The molecule has 1 rings (SSSR count). The number of anilines is 1. The third kappa shape index (κ3) is 4.77. The molecule has 0 bridgehead atoms. The van der Waals surface area contributed by atoms with Crippen molar-refractivity contribution in [2.45, 2.75) is 53.1 Å². The number of aliphatic carboxylic acids is 1. The van der Waals surface area contributed by atoms with Crippen molar-refractivity contribution in [2.24, 2.45) is 5.41 Å². The smallest absolute Gasteiger partial charge is 0.305 e. The van der Waals surface area contributed by atoms with Crippen LogP contribution < -0.4 is 5.32 Å². The minimum absolute atomic E-state index is 0.0801. The van der Waals surface area contributed by atoms with Crippen molar-refractivity contribution in [1.82, 2.24) is 9.55 Å². The molecule has 18 heavy (non-hydrogen) atoms. The number of hydrogen-bond donors (Lipinski definition) is 2. The van der Waals surface area contributed by atoms with E-state index in [4.69, 9.17) is 5.11 Å². The standard InChI is InChI=1S/C13H23N3O2/c1-5-16-7-6-14-12(16)15-10(8-11(17)18)9-13(2,3)4/h6-7,10H,5,8-9H2,1-4H3,(H,14,15)(H,17,18). The molecular weight excluding hydrogens is 230 g/mol. The summed E-state index contributed by atoms with van der Waals surface area (Å²) in [6.07, 6.45) is 4.50. The predicted octanol–water partition coefficient (Wildman–Crippen LogP) is 2.59. The highest BCUT2D eigenvalue weighted by molar-refractivity contribution is 5.68. The van der Waals surface area contributed by atoms with Gasteiger partial charge in [-0.3, -0.25) is 4.79 Å². The summed E-state index contributed by atoms with van der Waals surface area (Å²) >= 11 is 0. The van der Waals surface area contributed by atoms with Crippen LogP contribution >= 0.6 is 0 Å². The zero-order valence-corrected chi connectivity index (χ0v) is 11.6. The number of rotatable bonds is 6. The molecule has 102 valence electrons. The van der Waals surface area contributed by atoms with E-state index in [0.717, 1.165) is 18.9 Å². The minimum Gasteiger partial charge on any atom is -0.481 e. The van der Waals surface area contributed by atoms with Crippen LogP contribution in [-0.2, 0) is 11.3 Å². The van der Waals surface area contributed by atoms with E-state index in [0.29, 0.717) is 0 Å². The van der Waals surface area contributed by atoms with Gasteiger partial charge in [-0.25, -0.2) is 4.98 Å². The van der Waals surface area contributed by atoms with Crippen LogP contribution in [0.5, 0.6) is 0 Å². The third-order valence-electron chi connectivity index (χ3n) is 2.67. The molecule has 1 aromatic rings. The van der Waals surface area contributed by atoms with Crippen LogP contribution in [0.2, 0.25) is 0 Å². The number of aryl methyl sites for hydroxylation is 1. The highest BCUT2D eigenvalue weighted by Gasteiger charge is 2.22. The van der Waals surface area contributed by atoms with Crippen LogP contribution in [0.25, 0.3) is 0 Å². The summed E-state index contributed by atoms with van der Waals surface area (Å²) in [5.74, 6) is -0.0423. The zero-order chi connectivity index (χ0) is 13.8. The molecular formula is C13H23N3O2. The summed E-state index contributed by atoms with van der Waals surface area (Å²) in [4.78, 5) is 15.1. The summed E-state index contributed by atoms with van der Waals surface area (Å²) in [6.45, 7) is 9.17. The summed E-state index contributed by atoms with van der Waals surface area (Å²) < 4.78 is 1.97. The van der Waals surface area contributed by atoms with Gasteiger partial charge in [0.1, 0.15) is 0 Å². The first-order valence-electron chi connectivity index (χ1n) is 6.31. The Bertz CT molecular complexity index is 393. The van der Waals surface area contributed by atoms with Crippen molar-refractivity contribution in [3.8, 4) is 0 Å². The van der Waals surface area contributed by atoms with Crippen LogP contribution in [0, 0.1) is 5.41 Å². The van der Waals surface area contributed by atoms with Gasteiger partial charge in [0.25, 0.3) is 0 Å². The summed E-state index contributed by atoms with van der Waals surface area (Å²) in [5.41, 5.74) is 0.0801. The lowest BCUT2D eigenvalue weighted by Crippen LogP contribution is -2.29.